The number of benzene rings is 2. The average molecular weight is 265 g/mol. The monoisotopic (exact) mass is 265 g/mol. The van der Waals surface area contributed by atoms with Gasteiger partial charge in [-0.15, -0.1) is 0 Å². The molecule has 1 heterocycles. The summed E-state index contributed by atoms with van der Waals surface area (Å²) >= 11 is 0. The third-order valence-corrected chi connectivity index (χ3v) is 3.65. The standard InChI is InChI=1S/C17H19N3/c1-14(19-9-11-20-10-8-18-13-20)16-7-6-15-4-2-3-5-17(15)12-16/h2-8,10,12-14,19H,9,11H2,1H3. The van der Waals surface area contributed by atoms with E-state index >= 15 is 0 Å². The molecule has 20 heavy (non-hydrogen) atoms. The van der Waals surface area contributed by atoms with Crippen molar-refractivity contribution in [3.8, 4) is 0 Å². The minimum Gasteiger partial charge on any atom is -0.336 e. The molecule has 3 heteroatoms. The minimum absolute atomic E-state index is 0.350. The van der Waals surface area contributed by atoms with Crippen molar-refractivity contribution in [1.82, 2.24) is 14.9 Å². The van der Waals surface area contributed by atoms with E-state index in [0.29, 0.717) is 6.04 Å². The Balaban J connectivity index is 1.64. The lowest BCUT2D eigenvalue weighted by atomic mass is 10.0. The van der Waals surface area contributed by atoms with Gasteiger partial charge in [-0.25, -0.2) is 4.98 Å². The number of nitrogens with one attached hydrogen (secondary N) is 1. The molecular formula is C17H19N3. The fraction of sp³-hybridized carbons (Fsp3) is 0.235. The highest BCUT2D eigenvalue weighted by molar-refractivity contribution is 5.83. The topological polar surface area (TPSA) is 29.9 Å². The van der Waals surface area contributed by atoms with Gasteiger partial charge in [-0.1, -0.05) is 36.4 Å². The molecule has 3 nitrogen and oxygen atoms in total. The molecule has 102 valence electrons. The summed E-state index contributed by atoms with van der Waals surface area (Å²) in [5.41, 5.74) is 1.33. The number of aromatic nitrogens is 2. The molecule has 0 amide bonds. The van der Waals surface area contributed by atoms with Gasteiger partial charge in [0, 0.05) is 31.5 Å². The van der Waals surface area contributed by atoms with Gasteiger partial charge in [0.2, 0.25) is 0 Å². The van der Waals surface area contributed by atoms with Crippen molar-refractivity contribution in [3.63, 3.8) is 0 Å². The summed E-state index contributed by atoms with van der Waals surface area (Å²) in [7, 11) is 0. The molecule has 0 saturated heterocycles. The summed E-state index contributed by atoms with van der Waals surface area (Å²) in [4.78, 5) is 4.05. The first-order chi connectivity index (χ1) is 9.83. The van der Waals surface area contributed by atoms with Gasteiger partial charge >= 0.3 is 0 Å². The summed E-state index contributed by atoms with van der Waals surface area (Å²) < 4.78 is 2.08. The summed E-state index contributed by atoms with van der Waals surface area (Å²) in [5, 5.41) is 6.15. The normalized spacial score (nSPS) is 12.7. The van der Waals surface area contributed by atoms with Crippen molar-refractivity contribution in [1.29, 1.82) is 0 Å². The highest BCUT2D eigenvalue weighted by Crippen LogP contribution is 2.20. The second kappa shape index (κ2) is 5.88. The molecule has 1 aromatic heterocycles. The van der Waals surface area contributed by atoms with Crippen molar-refractivity contribution in [2.45, 2.75) is 19.5 Å². The second-order valence-corrected chi connectivity index (χ2v) is 5.08. The van der Waals surface area contributed by atoms with Crippen LogP contribution in [0.25, 0.3) is 10.8 Å². The SMILES string of the molecule is CC(NCCn1ccnc1)c1ccc2ccccc2c1. The van der Waals surface area contributed by atoms with Gasteiger partial charge in [-0.3, -0.25) is 0 Å². The third-order valence-electron chi connectivity index (χ3n) is 3.65. The molecule has 0 aliphatic carbocycles. The number of nitrogens with zero attached hydrogens (tertiary/aromatic N) is 2. The molecule has 0 aliphatic rings. The second-order valence-electron chi connectivity index (χ2n) is 5.08. The number of rotatable bonds is 5. The summed E-state index contributed by atoms with van der Waals surface area (Å²) in [6, 6.07) is 15.5. The molecule has 3 rings (SSSR count). The fourth-order valence-electron chi connectivity index (χ4n) is 2.42. The van der Waals surface area contributed by atoms with Crippen molar-refractivity contribution in [2.24, 2.45) is 0 Å². The Hall–Kier alpha value is -2.13. The molecule has 0 radical (unpaired) electrons. The predicted octanol–water partition coefficient (Wildman–Crippen LogP) is 3.39. The van der Waals surface area contributed by atoms with Crippen LogP contribution in [0.5, 0.6) is 0 Å². The van der Waals surface area contributed by atoms with Gasteiger partial charge in [-0.2, -0.15) is 0 Å². The van der Waals surface area contributed by atoms with Crippen LogP contribution in [0.3, 0.4) is 0 Å². The Morgan fingerprint density at radius 3 is 2.80 bits per heavy atom. The van der Waals surface area contributed by atoms with Crippen LogP contribution in [0.4, 0.5) is 0 Å². The van der Waals surface area contributed by atoms with Crippen LogP contribution in [0.2, 0.25) is 0 Å². The molecule has 0 aliphatic heterocycles. The van der Waals surface area contributed by atoms with Gasteiger partial charge in [-0.05, 0) is 29.3 Å². The first-order valence-corrected chi connectivity index (χ1v) is 7.01. The Labute approximate surface area is 119 Å². The molecule has 1 unspecified atom stereocenters. The van der Waals surface area contributed by atoms with Gasteiger partial charge in [0.25, 0.3) is 0 Å². The van der Waals surface area contributed by atoms with Gasteiger partial charge in [0.1, 0.15) is 0 Å². The number of hydrogen-bond acceptors (Lipinski definition) is 2. The zero-order valence-electron chi connectivity index (χ0n) is 11.7. The van der Waals surface area contributed by atoms with Crippen LogP contribution in [-0.4, -0.2) is 16.1 Å². The Kier molecular flexibility index (Phi) is 3.79. The van der Waals surface area contributed by atoms with E-state index in [1.54, 1.807) is 0 Å². The van der Waals surface area contributed by atoms with Crippen molar-refractivity contribution in [2.75, 3.05) is 6.54 Å². The zero-order valence-corrected chi connectivity index (χ0v) is 11.7. The van der Waals surface area contributed by atoms with Crippen LogP contribution >= 0.6 is 0 Å². The van der Waals surface area contributed by atoms with E-state index in [-0.39, 0.29) is 0 Å². The molecule has 0 fully saturated rings. The Morgan fingerprint density at radius 1 is 1.15 bits per heavy atom. The first kappa shape index (κ1) is 12.9. The smallest absolute Gasteiger partial charge is 0.0946 e. The molecule has 2 aromatic carbocycles. The number of hydrogen-bond donors (Lipinski definition) is 1. The quantitative estimate of drug-likeness (QED) is 0.766. The van der Waals surface area contributed by atoms with E-state index in [2.05, 4.69) is 64.3 Å². The zero-order chi connectivity index (χ0) is 13.8. The van der Waals surface area contributed by atoms with E-state index < -0.39 is 0 Å². The van der Waals surface area contributed by atoms with E-state index in [4.69, 9.17) is 0 Å². The lowest BCUT2D eigenvalue weighted by Gasteiger charge is -2.15. The largest absolute Gasteiger partial charge is 0.336 e. The van der Waals surface area contributed by atoms with Crippen LogP contribution in [0.1, 0.15) is 18.5 Å². The maximum absolute atomic E-state index is 4.05. The maximum Gasteiger partial charge on any atom is 0.0946 e. The molecule has 0 bridgehead atoms. The molecule has 1 atom stereocenters. The van der Waals surface area contributed by atoms with Crippen molar-refractivity contribution in [3.05, 3.63) is 66.7 Å². The first-order valence-electron chi connectivity index (χ1n) is 7.01. The molecule has 1 N–H and O–H groups in total. The van der Waals surface area contributed by atoms with E-state index in [1.807, 2.05) is 18.7 Å². The summed E-state index contributed by atoms with van der Waals surface area (Å²) in [6.45, 7) is 4.08. The van der Waals surface area contributed by atoms with Crippen LogP contribution in [0.15, 0.2) is 61.2 Å². The van der Waals surface area contributed by atoms with E-state index in [9.17, 15) is 0 Å². The Morgan fingerprint density at radius 2 is 2.00 bits per heavy atom. The third kappa shape index (κ3) is 2.89. The lowest BCUT2D eigenvalue weighted by Crippen LogP contribution is -2.23. The fourth-order valence-corrected chi connectivity index (χ4v) is 2.42. The number of fused-ring (bicyclic) bond motifs is 1. The molecule has 0 spiro atoms. The lowest BCUT2D eigenvalue weighted by molar-refractivity contribution is 0.531. The predicted molar refractivity (Wildman–Crippen MR) is 82.6 cm³/mol. The maximum atomic E-state index is 4.05. The highest BCUT2D eigenvalue weighted by Gasteiger charge is 2.05. The van der Waals surface area contributed by atoms with Gasteiger partial charge < -0.3 is 9.88 Å². The highest BCUT2D eigenvalue weighted by atomic mass is 15.0. The minimum atomic E-state index is 0.350. The van der Waals surface area contributed by atoms with Crippen molar-refractivity contribution >= 4 is 10.8 Å². The average Bonchev–Trinajstić information content (AvgIpc) is 3.00. The van der Waals surface area contributed by atoms with Crippen LogP contribution < -0.4 is 5.32 Å². The Bertz CT molecular complexity index is 674. The number of imidazole rings is 1. The van der Waals surface area contributed by atoms with Gasteiger partial charge in [0.05, 0.1) is 6.33 Å². The van der Waals surface area contributed by atoms with E-state index in [0.717, 1.165) is 13.1 Å². The molecule has 0 saturated carbocycles. The summed E-state index contributed by atoms with van der Waals surface area (Å²) in [6.07, 6.45) is 5.65. The van der Waals surface area contributed by atoms with E-state index in [1.165, 1.54) is 16.3 Å². The summed E-state index contributed by atoms with van der Waals surface area (Å²) in [5.74, 6) is 0. The van der Waals surface area contributed by atoms with Crippen LogP contribution in [0, 0.1) is 0 Å². The van der Waals surface area contributed by atoms with Crippen LogP contribution in [-0.2, 0) is 6.54 Å². The molecule has 3 aromatic rings. The van der Waals surface area contributed by atoms with Gasteiger partial charge in [0.15, 0.2) is 0 Å². The van der Waals surface area contributed by atoms with Crippen molar-refractivity contribution < 1.29 is 0 Å². The molecular weight excluding hydrogens is 246 g/mol.